The second kappa shape index (κ2) is 9.80. The minimum absolute atomic E-state index is 0.0646. The molecule has 0 unspecified atom stereocenters. The van der Waals surface area contributed by atoms with E-state index in [1.54, 1.807) is 12.1 Å². The fourth-order valence-electron chi connectivity index (χ4n) is 2.82. The van der Waals surface area contributed by atoms with E-state index < -0.39 is 22.0 Å². The van der Waals surface area contributed by atoms with Crippen molar-refractivity contribution in [3.63, 3.8) is 0 Å². The summed E-state index contributed by atoms with van der Waals surface area (Å²) >= 11 is 6.06. The average molecular weight is 449 g/mol. The molecule has 0 spiro atoms. The molecule has 0 saturated heterocycles. The van der Waals surface area contributed by atoms with Crippen LogP contribution in [0.2, 0.25) is 5.02 Å². The molecule has 0 bridgehead atoms. The van der Waals surface area contributed by atoms with Gasteiger partial charge in [-0.15, -0.1) is 0 Å². The summed E-state index contributed by atoms with van der Waals surface area (Å²) in [6.45, 7) is 0.146. The third-order valence-electron chi connectivity index (χ3n) is 4.35. The third kappa shape index (κ3) is 5.63. The number of ether oxygens (including phenoxy) is 1. The highest BCUT2D eigenvalue weighted by atomic mass is 35.5. The van der Waals surface area contributed by atoms with Crippen LogP contribution in [0, 0.1) is 0 Å². The van der Waals surface area contributed by atoms with Crippen molar-refractivity contribution in [2.24, 2.45) is 0 Å². The number of hydrogen-bond acceptors (Lipinski definition) is 5. The number of methoxy groups -OCH3 is 1. The van der Waals surface area contributed by atoms with Crippen LogP contribution in [0.15, 0.2) is 76.2 Å². The number of carbonyl (C=O) groups excluding carboxylic acids is 1. The van der Waals surface area contributed by atoms with Crippen molar-refractivity contribution in [1.82, 2.24) is 10.0 Å². The molecule has 2 N–H and O–H groups in total. The van der Waals surface area contributed by atoms with Crippen molar-refractivity contribution in [3.05, 3.63) is 83.3 Å². The van der Waals surface area contributed by atoms with Crippen molar-refractivity contribution in [3.8, 4) is 5.75 Å². The zero-order valence-corrected chi connectivity index (χ0v) is 17.7. The molecule has 1 atom stereocenters. The number of nitrogens with one attached hydrogen (secondary N) is 2. The Morgan fingerprint density at radius 1 is 1.13 bits per heavy atom. The Labute approximate surface area is 180 Å². The van der Waals surface area contributed by atoms with E-state index in [4.69, 9.17) is 20.8 Å². The number of benzene rings is 2. The van der Waals surface area contributed by atoms with Crippen LogP contribution in [0.5, 0.6) is 5.75 Å². The molecule has 9 heteroatoms. The fraction of sp³-hybridized carbons (Fsp3) is 0.190. The second-order valence-corrected chi connectivity index (χ2v) is 8.58. The van der Waals surface area contributed by atoms with Crippen LogP contribution in [0.3, 0.4) is 0 Å². The Balaban J connectivity index is 1.81. The van der Waals surface area contributed by atoms with E-state index in [0.29, 0.717) is 11.5 Å². The van der Waals surface area contributed by atoms with Gasteiger partial charge in [-0.25, -0.2) is 8.42 Å². The van der Waals surface area contributed by atoms with Crippen LogP contribution < -0.4 is 14.8 Å². The normalized spacial score (nSPS) is 12.3. The van der Waals surface area contributed by atoms with E-state index in [9.17, 15) is 13.2 Å². The molecule has 0 fully saturated rings. The molecule has 1 amide bonds. The standard InChI is InChI=1S/C21H21ClN2O5S/c1-28-20-10-9-17(13-18(20)22)30(26,27)24-19(12-15-6-3-2-4-7-15)21(25)23-14-16-8-5-11-29-16/h2-11,13,19,24H,12,14H2,1H3,(H,23,25)/t19-/m1/s1. The summed E-state index contributed by atoms with van der Waals surface area (Å²) in [6.07, 6.45) is 1.67. The molecule has 0 radical (unpaired) electrons. The highest BCUT2D eigenvalue weighted by molar-refractivity contribution is 7.89. The summed E-state index contributed by atoms with van der Waals surface area (Å²) in [5.41, 5.74) is 0.811. The summed E-state index contributed by atoms with van der Waals surface area (Å²) in [5.74, 6) is 0.442. The van der Waals surface area contributed by atoms with Crippen molar-refractivity contribution >= 4 is 27.5 Å². The predicted molar refractivity (Wildman–Crippen MR) is 113 cm³/mol. The topological polar surface area (TPSA) is 97.6 Å². The molecule has 3 aromatic rings. The molecular weight excluding hydrogens is 428 g/mol. The first-order valence-corrected chi connectivity index (χ1v) is 10.9. The van der Waals surface area contributed by atoms with Gasteiger partial charge in [0.2, 0.25) is 15.9 Å². The first-order chi connectivity index (χ1) is 14.4. The van der Waals surface area contributed by atoms with Gasteiger partial charge >= 0.3 is 0 Å². The van der Waals surface area contributed by atoms with Crippen molar-refractivity contribution in [2.75, 3.05) is 7.11 Å². The summed E-state index contributed by atoms with van der Waals surface area (Å²) in [5, 5.41) is 2.86. The molecule has 1 aromatic heterocycles. The van der Waals surface area contributed by atoms with Gasteiger partial charge in [0, 0.05) is 0 Å². The smallest absolute Gasteiger partial charge is 0.241 e. The van der Waals surface area contributed by atoms with Crippen molar-refractivity contribution in [2.45, 2.75) is 23.9 Å². The van der Waals surface area contributed by atoms with Crippen molar-refractivity contribution < 1.29 is 22.4 Å². The summed E-state index contributed by atoms with van der Waals surface area (Å²) < 4.78 is 38.6. The SMILES string of the molecule is COc1ccc(S(=O)(=O)N[C@H](Cc2ccccc2)C(=O)NCc2ccco2)cc1Cl. The van der Waals surface area contributed by atoms with E-state index in [1.807, 2.05) is 30.3 Å². The van der Waals surface area contributed by atoms with Gasteiger partial charge in [-0.1, -0.05) is 41.9 Å². The lowest BCUT2D eigenvalue weighted by Crippen LogP contribution is -2.47. The maximum atomic E-state index is 12.9. The van der Waals surface area contributed by atoms with Gasteiger partial charge in [0.1, 0.15) is 17.6 Å². The first kappa shape index (κ1) is 21.9. The molecule has 0 aliphatic heterocycles. The van der Waals surface area contributed by atoms with Crippen LogP contribution in [-0.2, 0) is 27.8 Å². The van der Waals surface area contributed by atoms with Gasteiger partial charge in [0.15, 0.2) is 0 Å². The maximum absolute atomic E-state index is 12.9. The number of furan rings is 1. The molecule has 7 nitrogen and oxygen atoms in total. The minimum atomic E-state index is -4.02. The van der Waals surface area contributed by atoms with E-state index in [0.717, 1.165) is 5.56 Å². The molecule has 3 rings (SSSR count). The van der Waals surface area contributed by atoms with Crippen LogP contribution in [0.4, 0.5) is 0 Å². The van der Waals surface area contributed by atoms with Crippen LogP contribution in [-0.4, -0.2) is 27.5 Å². The highest BCUT2D eigenvalue weighted by Crippen LogP contribution is 2.27. The summed E-state index contributed by atoms with van der Waals surface area (Å²) in [6, 6.07) is 15.6. The number of amides is 1. The van der Waals surface area contributed by atoms with Crippen molar-refractivity contribution in [1.29, 1.82) is 0 Å². The number of rotatable bonds is 9. The lowest BCUT2D eigenvalue weighted by molar-refractivity contribution is -0.122. The zero-order chi connectivity index (χ0) is 21.6. The second-order valence-electron chi connectivity index (χ2n) is 6.46. The van der Waals surface area contributed by atoms with Gasteiger partial charge < -0.3 is 14.5 Å². The van der Waals surface area contributed by atoms with Gasteiger partial charge in [-0.05, 0) is 42.3 Å². The molecule has 0 saturated carbocycles. The fourth-order valence-corrected chi connectivity index (χ4v) is 4.36. The Morgan fingerprint density at radius 2 is 1.90 bits per heavy atom. The number of carbonyl (C=O) groups is 1. The Kier molecular flexibility index (Phi) is 7.15. The van der Waals surface area contributed by atoms with Crippen LogP contribution in [0.25, 0.3) is 0 Å². The Bertz CT molecular complexity index is 1090. The van der Waals surface area contributed by atoms with E-state index in [-0.39, 0.29) is 22.9 Å². The quantitative estimate of drug-likeness (QED) is 0.524. The molecule has 0 aliphatic carbocycles. The zero-order valence-electron chi connectivity index (χ0n) is 16.2. The maximum Gasteiger partial charge on any atom is 0.241 e. The molecular formula is C21H21ClN2O5S. The molecule has 2 aromatic carbocycles. The molecule has 0 aliphatic rings. The predicted octanol–water partition coefficient (Wildman–Crippen LogP) is 3.15. The summed E-state index contributed by atoms with van der Waals surface area (Å²) in [4.78, 5) is 12.7. The van der Waals surface area contributed by atoms with E-state index in [2.05, 4.69) is 10.0 Å². The minimum Gasteiger partial charge on any atom is -0.495 e. The molecule has 158 valence electrons. The van der Waals surface area contributed by atoms with Crippen LogP contribution in [0.1, 0.15) is 11.3 Å². The average Bonchev–Trinajstić information content (AvgIpc) is 3.26. The number of sulfonamides is 1. The molecule has 30 heavy (non-hydrogen) atoms. The van der Waals surface area contributed by atoms with E-state index >= 15 is 0 Å². The largest absolute Gasteiger partial charge is 0.495 e. The van der Waals surface area contributed by atoms with Gasteiger partial charge in [0.25, 0.3) is 0 Å². The first-order valence-electron chi connectivity index (χ1n) is 9.09. The van der Waals surface area contributed by atoms with Crippen LogP contribution >= 0.6 is 11.6 Å². The van der Waals surface area contributed by atoms with Gasteiger partial charge in [-0.2, -0.15) is 4.72 Å². The van der Waals surface area contributed by atoms with Gasteiger partial charge in [0.05, 0.1) is 29.8 Å². The third-order valence-corrected chi connectivity index (χ3v) is 6.11. The Hall–Kier alpha value is -2.81. The lowest BCUT2D eigenvalue weighted by atomic mass is 10.1. The number of halogens is 1. The highest BCUT2D eigenvalue weighted by Gasteiger charge is 2.26. The Morgan fingerprint density at radius 3 is 2.53 bits per heavy atom. The van der Waals surface area contributed by atoms with Gasteiger partial charge in [-0.3, -0.25) is 4.79 Å². The lowest BCUT2D eigenvalue weighted by Gasteiger charge is -2.19. The monoisotopic (exact) mass is 448 g/mol. The molecule has 1 heterocycles. The summed E-state index contributed by atoms with van der Waals surface area (Å²) in [7, 11) is -2.58. The van der Waals surface area contributed by atoms with E-state index in [1.165, 1.54) is 31.6 Å². The number of hydrogen-bond donors (Lipinski definition) is 2.